The third kappa shape index (κ3) is 3.22. The first-order valence-electron chi connectivity index (χ1n) is 7.88. The molecule has 0 atom stereocenters. The van der Waals surface area contributed by atoms with Crippen LogP contribution in [0.25, 0.3) is 0 Å². The first-order valence-corrected chi connectivity index (χ1v) is 8.67. The van der Waals surface area contributed by atoms with Gasteiger partial charge in [-0.1, -0.05) is 28.1 Å². The predicted octanol–water partition coefficient (Wildman–Crippen LogP) is 3.41. The molecule has 25 heavy (non-hydrogen) atoms. The lowest BCUT2D eigenvalue weighted by molar-refractivity contribution is -0.118. The number of hydrogen-bond acceptors (Lipinski definition) is 3. The molecule has 0 bridgehead atoms. The molecule has 2 aromatic carbocycles. The quantitative estimate of drug-likeness (QED) is 0.738. The number of aryl methyl sites for hydroxylation is 1. The van der Waals surface area contributed by atoms with Crippen LogP contribution in [0.5, 0.6) is 0 Å². The standard InChI is InChI=1S/C19H17BrN2O3/c1-12-11-13(20)7-8-16(12)21(2)17(23)9-10-22-18(24)14-5-3-4-6-15(14)19(22)25/h3-8,11H,9-10H2,1-2H3. The van der Waals surface area contributed by atoms with Crippen LogP contribution in [-0.4, -0.2) is 36.2 Å². The summed E-state index contributed by atoms with van der Waals surface area (Å²) < 4.78 is 0.945. The summed E-state index contributed by atoms with van der Waals surface area (Å²) in [6.45, 7) is 2.00. The summed E-state index contributed by atoms with van der Waals surface area (Å²) >= 11 is 3.40. The molecule has 5 nitrogen and oxygen atoms in total. The van der Waals surface area contributed by atoms with E-state index in [9.17, 15) is 14.4 Å². The lowest BCUT2D eigenvalue weighted by atomic mass is 10.1. The number of fused-ring (bicyclic) bond motifs is 1. The molecule has 0 saturated carbocycles. The average molecular weight is 401 g/mol. The highest BCUT2D eigenvalue weighted by atomic mass is 79.9. The summed E-state index contributed by atoms with van der Waals surface area (Å²) in [6, 6.07) is 12.4. The summed E-state index contributed by atoms with van der Waals surface area (Å²) in [5, 5.41) is 0. The fourth-order valence-corrected chi connectivity index (χ4v) is 3.42. The van der Waals surface area contributed by atoms with Crippen molar-refractivity contribution in [2.75, 3.05) is 18.5 Å². The van der Waals surface area contributed by atoms with Gasteiger partial charge in [0.2, 0.25) is 5.91 Å². The Morgan fingerprint density at radius 3 is 2.24 bits per heavy atom. The Morgan fingerprint density at radius 2 is 1.68 bits per heavy atom. The van der Waals surface area contributed by atoms with Crippen molar-refractivity contribution in [3.8, 4) is 0 Å². The maximum absolute atomic E-state index is 12.5. The fraction of sp³-hybridized carbons (Fsp3) is 0.211. The number of imide groups is 1. The summed E-state index contributed by atoms with van der Waals surface area (Å²) in [7, 11) is 1.70. The van der Waals surface area contributed by atoms with Gasteiger partial charge in [-0.15, -0.1) is 0 Å². The number of benzene rings is 2. The molecule has 0 fully saturated rings. The first kappa shape index (κ1) is 17.4. The van der Waals surface area contributed by atoms with Gasteiger partial charge in [0.05, 0.1) is 11.1 Å². The molecule has 1 aliphatic heterocycles. The van der Waals surface area contributed by atoms with E-state index in [1.165, 1.54) is 0 Å². The van der Waals surface area contributed by atoms with E-state index in [0.717, 1.165) is 20.6 Å². The number of anilines is 1. The summed E-state index contributed by atoms with van der Waals surface area (Å²) in [5.41, 5.74) is 2.57. The number of amides is 3. The molecule has 0 aromatic heterocycles. The molecule has 0 aliphatic carbocycles. The van der Waals surface area contributed by atoms with E-state index in [2.05, 4.69) is 15.9 Å². The minimum Gasteiger partial charge on any atom is -0.315 e. The van der Waals surface area contributed by atoms with Gasteiger partial charge in [-0.3, -0.25) is 19.3 Å². The van der Waals surface area contributed by atoms with Crippen LogP contribution in [0.4, 0.5) is 5.69 Å². The lowest BCUT2D eigenvalue weighted by Gasteiger charge is -2.21. The van der Waals surface area contributed by atoms with E-state index >= 15 is 0 Å². The second kappa shape index (κ2) is 6.80. The van der Waals surface area contributed by atoms with E-state index < -0.39 is 0 Å². The highest BCUT2D eigenvalue weighted by Crippen LogP contribution is 2.25. The first-order chi connectivity index (χ1) is 11.9. The second-order valence-electron chi connectivity index (χ2n) is 5.94. The largest absolute Gasteiger partial charge is 0.315 e. The van der Waals surface area contributed by atoms with Gasteiger partial charge in [0.25, 0.3) is 11.8 Å². The summed E-state index contributed by atoms with van der Waals surface area (Å²) in [6.07, 6.45) is 0.0808. The number of carbonyl (C=O) groups is 3. The molecule has 2 aromatic rings. The molecule has 3 rings (SSSR count). The van der Waals surface area contributed by atoms with Gasteiger partial charge < -0.3 is 4.90 Å². The zero-order valence-electron chi connectivity index (χ0n) is 14.0. The van der Waals surface area contributed by atoms with Crippen molar-refractivity contribution < 1.29 is 14.4 Å². The van der Waals surface area contributed by atoms with Gasteiger partial charge in [-0.25, -0.2) is 0 Å². The van der Waals surface area contributed by atoms with Crippen LogP contribution in [0.3, 0.4) is 0 Å². The van der Waals surface area contributed by atoms with Crippen molar-refractivity contribution in [1.82, 2.24) is 4.90 Å². The van der Waals surface area contributed by atoms with Gasteiger partial charge in [0.1, 0.15) is 0 Å². The number of carbonyl (C=O) groups excluding carboxylic acids is 3. The minimum absolute atomic E-state index is 0.0745. The Balaban J connectivity index is 1.69. The van der Waals surface area contributed by atoms with Crippen LogP contribution in [0.2, 0.25) is 0 Å². The number of halogens is 1. The van der Waals surface area contributed by atoms with Gasteiger partial charge in [-0.05, 0) is 42.8 Å². The molecule has 6 heteroatoms. The van der Waals surface area contributed by atoms with E-state index in [4.69, 9.17) is 0 Å². The molecule has 0 spiro atoms. The smallest absolute Gasteiger partial charge is 0.261 e. The van der Waals surface area contributed by atoms with E-state index in [1.54, 1.807) is 36.2 Å². The van der Waals surface area contributed by atoms with Crippen LogP contribution >= 0.6 is 15.9 Å². The Bertz CT molecular complexity index is 844. The van der Waals surface area contributed by atoms with Crippen molar-refractivity contribution in [2.24, 2.45) is 0 Å². The van der Waals surface area contributed by atoms with Crippen LogP contribution < -0.4 is 4.90 Å². The highest BCUT2D eigenvalue weighted by Gasteiger charge is 2.35. The zero-order chi connectivity index (χ0) is 18.1. The molecule has 128 valence electrons. The van der Waals surface area contributed by atoms with E-state index in [1.807, 2.05) is 25.1 Å². The van der Waals surface area contributed by atoms with E-state index in [-0.39, 0.29) is 30.7 Å². The minimum atomic E-state index is -0.337. The number of hydrogen-bond donors (Lipinski definition) is 0. The third-order valence-corrected chi connectivity index (χ3v) is 4.82. The van der Waals surface area contributed by atoms with Crippen molar-refractivity contribution in [3.05, 3.63) is 63.6 Å². The Labute approximate surface area is 154 Å². The molecule has 0 saturated heterocycles. The molecule has 0 unspecified atom stereocenters. The van der Waals surface area contributed by atoms with Crippen molar-refractivity contribution in [2.45, 2.75) is 13.3 Å². The van der Waals surface area contributed by atoms with Crippen molar-refractivity contribution >= 4 is 39.3 Å². The van der Waals surface area contributed by atoms with Gasteiger partial charge >= 0.3 is 0 Å². The normalized spacial score (nSPS) is 13.2. The second-order valence-corrected chi connectivity index (χ2v) is 6.86. The molecule has 1 heterocycles. The number of nitrogens with zero attached hydrogens (tertiary/aromatic N) is 2. The Kier molecular flexibility index (Phi) is 4.72. The van der Waals surface area contributed by atoms with Crippen LogP contribution in [0.15, 0.2) is 46.9 Å². The van der Waals surface area contributed by atoms with E-state index in [0.29, 0.717) is 11.1 Å². The monoisotopic (exact) mass is 400 g/mol. The van der Waals surface area contributed by atoms with Gasteiger partial charge in [0.15, 0.2) is 0 Å². The topological polar surface area (TPSA) is 57.7 Å². The highest BCUT2D eigenvalue weighted by molar-refractivity contribution is 9.10. The van der Waals surface area contributed by atoms with Gasteiger partial charge in [0, 0.05) is 30.2 Å². The molecule has 0 radical (unpaired) electrons. The maximum Gasteiger partial charge on any atom is 0.261 e. The van der Waals surface area contributed by atoms with Crippen LogP contribution in [0.1, 0.15) is 32.7 Å². The summed E-state index contributed by atoms with van der Waals surface area (Å²) in [4.78, 5) is 39.8. The lowest BCUT2D eigenvalue weighted by Crippen LogP contribution is -2.35. The molecule has 0 N–H and O–H groups in total. The third-order valence-electron chi connectivity index (χ3n) is 4.32. The Morgan fingerprint density at radius 1 is 1.08 bits per heavy atom. The summed E-state index contributed by atoms with van der Waals surface area (Å²) in [5.74, 6) is -0.825. The van der Waals surface area contributed by atoms with Crippen molar-refractivity contribution in [3.63, 3.8) is 0 Å². The molecule has 1 aliphatic rings. The molecular formula is C19H17BrN2O3. The number of rotatable bonds is 4. The fourth-order valence-electron chi connectivity index (χ4n) is 2.95. The van der Waals surface area contributed by atoms with Crippen LogP contribution in [0, 0.1) is 6.92 Å². The SMILES string of the molecule is Cc1cc(Br)ccc1N(C)C(=O)CCN1C(=O)c2ccccc2C1=O. The maximum atomic E-state index is 12.5. The Hall–Kier alpha value is -2.47. The van der Waals surface area contributed by atoms with Crippen LogP contribution in [-0.2, 0) is 4.79 Å². The molecular weight excluding hydrogens is 384 g/mol. The predicted molar refractivity (Wildman–Crippen MR) is 98.7 cm³/mol. The zero-order valence-corrected chi connectivity index (χ0v) is 15.5. The molecule has 3 amide bonds. The average Bonchev–Trinajstić information content (AvgIpc) is 2.84. The van der Waals surface area contributed by atoms with Crippen molar-refractivity contribution in [1.29, 1.82) is 0 Å². The van der Waals surface area contributed by atoms with Gasteiger partial charge in [-0.2, -0.15) is 0 Å².